The van der Waals surface area contributed by atoms with Gasteiger partial charge < -0.3 is 10.5 Å². The van der Waals surface area contributed by atoms with Gasteiger partial charge in [-0.25, -0.2) is 4.39 Å². The lowest BCUT2D eigenvalue weighted by Gasteiger charge is -2.32. The Labute approximate surface area is 136 Å². The van der Waals surface area contributed by atoms with Crippen molar-refractivity contribution in [2.24, 2.45) is 5.73 Å². The van der Waals surface area contributed by atoms with Crippen molar-refractivity contribution in [2.75, 3.05) is 26.2 Å². The number of morpholine rings is 1. The van der Waals surface area contributed by atoms with E-state index < -0.39 is 0 Å². The normalized spacial score (nSPS) is 19.1. The first-order valence-corrected chi connectivity index (χ1v) is 6.55. The van der Waals surface area contributed by atoms with Gasteiger partial charge in [0.25, 0.3) is 0 Å². The van der Waals surface area contributed by atoms with Gasteiger partial charge in [-0.05, 0) is 25.1 Å². The molecule has 1 aliphatic rings. The summed E-state index contributed by atoms with van der Waals surface area (Å²) in [5, 5.41) is 0.430. The number of nitrogens with zero attached hydrogens (tertiary/aromatic N) is 1. The first-order chi connectivity index (χ1) is 8.69. The molecule has 1 aliphatic heterocycles. The number of benzene rings is 1. The van der Waals surface area contributed by atoms with Crippen LogP contribution < -0.4 is 5.73 Å². The maximum absolute atomic E-state index is 13.7. The minimum atomic E-state index is -0.246. The predicted molar refractivity (Wildman–Crippen MR) is 84.6 cm³/mol. The summed E-state index contributed by atoms with van der Waals surface area (Å²) in [6, 6.07) is 4.82. The van der Waals surface area contributed by atoms with E-state index in [1.165, 1.54) is 6.07 Å². The zero-order valence-corrected chi connectivity index (χ0v) is 13.4. The molecule has 1 fully saturated rings. The van der Waals surface area contributed by atoms with E-state index in [-0.39, 0.29) is 36.7 Å². The molecule has 7 heteroatoms. The minimum Gasteiger partial charge on any atom is -0.376 e. The molecule has 1 saturated heterocycles. The Balaban J connectivity index is 0.00000180. The number of hydrogen-bond donors (Lipinski definition) is 1. The van der Waals surface area contributed by atoms with Crippen LogP contribution in [0.25, 0.3) is 0 Å². The highest BCUT2D eigenvalue weighted by atomic mass is 35.5. The van der Waals surface area contributed by atoms with Crippen LogP contribution in [0.5, 0.6) is 0 Å². The van der Waals surface area contributed by atoms with E-state index in [9.17, 15) is 4.39 Å². The van der Waals surface area contributed by atoms with Gasteiger partial charge in [0.2, 0.25) is 0 Å². The molecule has 0 amide bonds. The maximum atomic E-state index is 13.7. The SMILES string of the molecule is Cl.Cl.NCCC1CN(Cc2ccc(Cl)cc2F)CCO1. The molecule has 3 nitrogen and oxygen atoms in total. The van der Waals surface area contributed by atoms with Crippen LogP contribution in [0, 0.1) is 5.82 Å². The summed E-state index contributed by atoms with van der Waals surface area (Å²) in [5.74, 6) is -0.246. The van der Waals surface area contributed by atoms with E-state index in [2.05, 4.69) is 4.90 Å². The first-order valence-electron chi connectivity index (χ1n) is 6.17. The second-order valence-electron chi connectivity index (χ2n) is 4.54. The summed E-state index contributed by atoms with van der Waals surface area (Å²) in [6.07, 6.45) is 1.01. The molecule has 116 valence electrons. The van der Waals surface area contributed by atoms with Gasteiger partial charge in [-0.2, -0.15) is 0 Å². The molecule has 1 heterocycles. The highest BCUT2D eigenvalue weighted by molar-refractivity contribution is 6.30. The molecule has 20 heavy (non-hydrogen) atoms. The van der Waals surface area contributed by atoms with Gasteiger partial charge in [0, 0.05) is 30.2 Å². The summed E-state index contributed by atoms with van der Waals surface area (Å²) in [5.41, 5.74) is 6.20. The third kappa shape index (κ3) is 5.72. The molecule has 0 radical (unpaired) electrons. The van der Waals surface area contributed by atoms with Crippen molar-refractivity contribution in [3.63, 3.8) is 0 Å². The van der Waals surface area contributed by atoms with Gasteiger partial charge in [0.05, 0.1) is 12.7 Å². The van der Waals surface area contributed by atoms with Crippen molar-refractivity contribution in [1.29, 1.82) is 0 Å². The molecule has 0 aliphatic carbocycles. The van der Waals surface area contributed by atoms with Crippen LogP contribution in [0.1, 0.15) is 12.0 Å². The Morgan fingerprint density at radius 2 is 2.15 bits per heavy atom. The lowest BCUT2D eigenvalue weighted by Crippen LogP contribution is -2.42. The third-order valence-corrected chi connectivity index (χ3v) is 3.36. The van der Waals surface area contributed by atoms with Gasteiger partial charge in [0.1, 0.15) is 5.82 Å². The summed E-state index contributed by atoms with van der Waals surface area (Å²) in [4.78, 5) is 2.19. The number of hydrogen-bond acceptors (Lipinski definition) is 3. The lowest BCUT2D eigenvalue weighted by molar-refractivity contribution is -0.0338. The second-order valence-corrected chi connectivity index (χ2v) is 4.98. The van der Waals surface area contributed by atoms with Crippen molar-refractivity contribution in [1.82, 2.24) is 4.90 Å². The van der Waals surface area contributed by atoms with Gasteiger partial charge in [-0.3, -0.25) is 4.90 Å². The standard InChI is InChI=1S/C13H18ClFN2O.2ClH/c14-11-2-1-10(13(15)7-11)8-17-5-6-18-12(9-17)3-4-16;;/h1-2,7,12H,3-6,8-9,16H2;2*1H. The summed E-state index contributed by atoms with van der Waals surface area (Å²) in [6.45, 7) is 3.52. The fourth-order valence-corrected chi connectivity index (χ4v) is 2.33. The Hall–Kier alpha value is -0.100. The smallest absolute Gasteiger partial charge is 0.129 e. The first kappa shape index (κ1) is 19.9. The largest absolute Gasteiger partial charge is 0.376 e. The highest BCUT2D eigenvalue weighted by Gasteiger charge is 2.20. The van der Waals surface area contributed by atoms with E-state index in [4.69, 9.17) is 22.1 Å². The molecular formula is C13H20Cl3FN2O. The Bertz CT molecular complexity index is 407. The van der Waals surface area contributed by atoms with Crippen molar-refractivity contribution < 1.29 is 9.13 Å². The molecule has 1 unspecified atom stereocenters. The molecule has 1 aromatic rings. The van der Waals surface area contributed by atoms with Crippen LogP contribution in [0.3, 0.4) is 0 Å². The van der Waals surface area contributed by atoms with E-state index in [0.29, 0.717) is 30.3 Å². The van der Waals surface area contributed by atoms with Crippen molar-refractivity contribution in [3.05, 3.63) is 34.6 Å². The average Bonchev–Trinajstić information content (AvgIpc) is 2.34. The Morgan fingerprint density at radius 1 is 1.40 bits per heavy atom. The predicted octanol–water partition coefficient (Wildman–Crippen LogP) is 2.87. The van der Waals surface area contributed by atoms with Crippen LogP contribution in [0.4, 0.5) is 4.39 Å². The number of nitrogens with two attached hydrogens (primary N) is 1. The highest BCUT2D eigenvalue weighted by Crippen LogP contribution is 2.18. The summed E-state index contributed by atoms with van der Waals surface area (Å²) >= 11 is 5.74. The monoisotopic (exact) mass is 344 g/mol. The van der Waals surface area contributed by atoms with Crippen molar-refractivity contribution >= 4 is 36.4 Å². The van der Waals surface area contributed by atoms with Gasteiger partial charge in [-0.15, -0.1) is 24.8 Å². The third-order valence-electron chi connectivity index (χ3n) is 3.12. The quantitative estimate of drug-likeness (QED) is 0.912. The molecule has 2 N–H and O–H groups in total. The molecule has 0 spiro atoms. The van der Waals surface area contributed by atoms with Crippen LogP contribution in [0.2, 0.25) is 5.02 Å². The number of halogens is 4. The molecule has 1 aromatic carbocycles. The van der Waals surface area contributed by atoms with E-state index >= 15 is 0 Å². The van der Waals surface area contributed by atoms with E-state index in [1.807, 2.05) is 0 Å². The molecule has 0 saturated carbocycles. The molecule has 0 aromatic heterocycles. The van der Waals surface area contributed by atoms with Gasteiger partial charge in [-0.1, -0.05) is 17.7 Å². The zero-order valence-electron chi connectivity index (χ0n) is 11.1. The van der Waals surface area contributed by atoms with E-state index in [1.54, 1.807) is 12.1 Å². The van der Waals surface area contributed by atoms with Crippen LogP contribution in [-0.2, 0) is 11.3 Å². The topological polar surface area (TPSA) is 38.5 Å². The molecule has 2 rings (SSSR count). The van der Waals surface area contributed by atoms with Crippen LogP contribution in [0.15, 0.2) is 18.2 Å². The summed E-state index contributed by atoms with van der Waals surface area (Å²) in [7, 11) is 0. The fraction of sp³-hybridized carbons (Fsp3) is 0.538. The lowest BCUT2D eigenvalue weighted by atomic mass is 10.1. The fourth-order valence-electron chi connectivity index (χ4n) is 2.18. The molecule has 1 atom stereocenters. The number of ether oxygens (including phenoxy) is 1. The van der Waals surface area contributed by atoms with Crippen molar-refractivity contribution in [2.45, 2.75) is 19.1 Å². The van der Waals surface area contributed by atoms with E-state index in [0.717, 1.165) is 19.5 Å². The second kappa shape index (κ2) is 9.77. The Morgan fingerprint density at radius 3 is 2.80 bits per heavy atom. The minimum absolute atomic E-state index is 0. The van der Waals surface area contributed by atoms with Crippen molar-refractivity contribution in [3.8, 4) is 0 Å². The zero-order chi connectivity index (χ0) is 13.0. The maximum Gasteiger partial charge on any atom is 0.129 e. The van der Waals surface area contributed by atoms with Crippen LogP contribution in [-0.4, -0.2) is 37.2 Å². The van der Waals surface area contributed by atoms with Crippen LogP contribution >= 0.6 is 36.4 Å². The average molecular weight is 346 g/mol. The van der Waals surface area contributed by atoms with Gasteiger partial charge in [0.15, 0.2) is 0 Å². The molecular weight excluding hydrogens is 326 g/mol. The number of rotatable bonds is 4. The Kier molecular flexibility index (Phi) is 9.72. The molecule has 0 bridgehead atoms. The van der Waals surface area contributed by atoms with Gasteiger partial charge >= 0.3 is 0 Å². The summed E-state index contributed by atoms with van der Waals surface area (Å²) < 4.78 is 19.3.